The topological polar surface area (TPSA) is 69.1 Å². The summed E-state index contributed by atoms with van der Waals surface area (Å²) in [6.07, 6.45) is 4.37. The quantitative estimate of drug-likeness (QED) is 0.293. The van der Waals surface area contributed by atoms with E-state index in [1.165, 1.54) is 13.0 Å². The zero-order chi connectivity index (χ0) is 17.5. The van der Waals surface area contributed by atoms with Crippen molar-refractivity contribution in [1.29, 1.82) is 0 Å². The van der Waals surface area contributed by atoms with Gasteiger partial charge in [0.05, 0.1) is 18.8 Å². The third-order valence-corrected chi connectivity index (χ3v) is 6.66. The highest BCUT2D eigenvalue weighted by Gasteiger charge is 2.31. The van der Waals surface area contributed by atoms with E-state index >= 15 is 0 Å². The first kappa shape index (κ1) is 22.5. The van der Waals surface area contributed by atoms with Crippen molar-refractivity contribution in [3.05, 3.63) is 0 Å². The number of ether oxygens (including phenoxy) is 1. The van der Waals surface area contributed by atoms with E-state index in [4.69, 9.17) is 4.74 Å². The van der Waals surface area contributed by atoms with Crippen LogP contribution in [-0.2, 0) is 4.74 Å². The molecule has 3 fully saturated rings. The van der Waals surface area contributed by atoms with Crippen molar-refractivity contribution in [3.63, 3.8) is 0 Å². The number of aliphatic hydroxyl groups is 1. The Labute approximate surface area is 179 Å². The molecule has 3 N–H and O–H groups in total. The van der Waals surface area contributed by atoms with E-state index < -0.39 is 5.60 Å². The molecule has 0 radical (unpaired) electrons. The minimum absolute atomic E-state index is 0. The number of likely N-dealkylation sites (tertiary alicyclic amines) is 1. The molecule has 3 rings (SSSR count). The van der Waals surface area contributed by atoms with E-state index in [2.05, 4.69) is 27.4 Å². The van der Waals surface area contributed by atoms with Crippen LogP contribution in [0.15, 0.2) is 4.99 Å². The fourth-order valence-electron chi connectivity index (χ4n) is 3.81. The highest BCUT2D eigenvalue weighted by Crippen LogP contribution is 2.27. The Bertz CT molecular complexity index is 435. The maximum absolute atomic E-state index is 10.5. The number of guanidine groups is 1. The summed E-state index contributed by atoms with van der Waals surface area (Å²) in [7, 11) is 0. The minimum atomic E-state index is -0.611. The second-order valence-electron chi connectivity index (χ2n) is 7.67. The van der Waals surface area contributed by atoms with E-state index in [1.54, 1.807) is 0 Å². The smallest absolute Gasteiger partial charge is 0.191 e. The van der Waals surface area contributed by atoms with Crippen molar-refractivity contribution in [2.75, 3.05) is 57.4 Å². The molecule has 152 valence electrons. The molecular formula is C18H35IN4O2S. The lowest BCUT2D eigenvalue weighted by Crippen LogP contribution is -2.49. The normalized spacial score (nSPS) is 31.0. The molecule has 3 aliphatic heterocycles. The molecule has 2 atom stereocenters. The van der Waals surface area contributed by atoms with Crippen molar-refractivity contribution in [2.24, 2.45) is 10.9 Å². The Hall–Kier alpha value is 0.230. The van der Waals surface area contributed by atoms with Gasteiger partial charge in [0.15, 0.2) is 5.96 Å². The first-order valence-electron chi connectivity index (χ1n) is 9.82. The van der Waals surface area contributed by atoms with Gasteiger partial charge in [0, 0.05) is 44.6 Å². The van der Waals surface area contributed by atoms with E-state index in [1.807, 2.05) is 11.8 Å². The Morgan fingerprint density at radius 2 is 2.15 bits per heavy atom. The lowest BCUT2D eigenvalue weighted by Gasteiger charge is -2.34. The van der Waals surface area contributed by atoms with Gasteiger partial charge in [0.1, 0.15) is 0 Å². The molecule has 3 aliphatic rings. The third kappa shape index (κ3) is 7.00. The molecule has 0 aromatic rings. The highest BCUT2D eigenvalue weighted by molar-refractivity contribution is 14.0. The van der Waals surface area contributed by atoms with Crippen LogP contribution >= 0.6 is 35.7 Å². The molecule has 3 saturated heterocycles. The van der Waals surface area contributed by atoms with Crippen LogP contribution < -0.4 is 10.6 Å². The summed E-state index contributed by atoms with van der Waals surface area (Å²) >= 11 is 1.82. The third-order valence-electron chi connectivity index (χ3n) is 5.43. The molecule has 3 heterocycles. The summed E-state index contributed by atoms with van der Waals surface area (Å²) in [4.78, 5) is 7.25. The lowest BCUT2D eigenvalue weighted by molar-refractivity contribution is 0.0778. The molecule has 26 heavy (non-hydrogen) atoms. The number of rotatable bonds is 6. The molecular weight excluding hydrogens is 463 g/mol. The van der Waals surface area contributed by atoms with Crippen LogP contribution in [0.3, 0.4) is 0 Å². The van der Waals surface area contributed by atoms with Crippen LogP contribution in [0.5, 0.6) is 0 Å². The van der Waals surface area contributed by atoms with Crippen LogP contribution in [0.2, 0.25) is 0 Å². The van der Waals surface area contributed by atoms with Crippen molar-refractivity contribution in [3.8, 4) is 0 Å². The Morgan fingerprint density at radius 1 is 1.35 bits per heavy atom. The average Bonchev–Trinajstić information content (AvgIpc) is 3.27. The molecule has 0 aromatic carbocycles. The van der Waals surface area contributed by atoms with E-state index in [-0.39, 0.29) is 24.0 Å². The van der Waals surface area contributed by atoms with Crippen LogP contribution in [-0.4, -0.2) is 85.1 Å². The summed E-state index contributed by atoms with van der Waals surface area (Å²) in [5.41, 5.74) is -0.611. The van der Waals surface area contributed by atoms with Gasteiger partial charge in [-0.1, -0.05) is 0 Å². The molecule has 0 aliphatic carbocycles. The Morgan fingerprint density at radius 3 is 2.77 bits per heavy atom. The van der Waals surface area contributed by atoms with Gasteiger partial charge in [-0.2, -0.15) is 11.8 Å². The monoisotopic (exact) mass is 498 g/mol. The molecule has 0 spiro atoms. The summed E-state index contributed by atoms with van der Waals surface area (Å²) in [6, 6.07) is 0.474. The Balaban J connectivity index is 0.00000243. The second-order valence-corrected chi connectivity index (χ2v) is 8.78. The highest BCUT2D eigenvalue weighted by atomic mass is 127. The molecule has 2 unspecified atom stereocenters. The first-order chi connectivity index (χ1) is 12.2. The number of nitrogens with zero attached hydrogens (tertiary/aromatic N) is 2. The predicted octanol–water partition coefficient (Wildman–Crippen LogP) is 1.53. The number of halogens is 1. The van der Waals surface area contributed by atoms with Crippen LogP contribution in [0, 0.1) is 5.92 Å². The van der Waals surface area contributed by atoms with Gasteiger partial charge in [-0.25, -0.2) is 0 Å². The average molecular weight is 498 g/mol. The van der Waals surface area contributed by atoms with Gasteiger partial charge in [0.2, 0.25) is 0 Å². The number of piperidine rings is 1. The molecule has 6 nitrogen and oxygen atoms in total. The molecule has 0 amide bonds. The minimum Gasteiger partial charge on any atom is -0.387 e. The van der Waals surface area contributed by atoms with E-state index in [0.29, 0.717) is 12.6 Å². The van der Waals surface area contributed by atoms with Crippen LogP contribution in [0.4, 0.5) is 0 Å². The summed E-state index contributed by atoms with van der Waals surface area (Å²) < 4.78 is 5.49. The fourth-order valence-corrected chi connectivity index (χ4v) is 5.10. The lowest BCUT2D eigenvalue weighted by atomic mass is 10.0. The number of hydrogen-bond acceptors (Lipinski definition) is 5. The zero-order valence-electron chi connectivity index (χ0n) is 15.9. The number of thioether (sulfide) groups is 1. The number of nitrogens with one attached hydrogen (secondary N) is 2. The molecule has 8 heteroatoms. The van der Waals surface area contributed by atoms with Gasteiger partial charge < -0.3 is 25.4 Å². The molecule has 0 saturated carbocycles. The number of aliphatic imine (C=N–C) groups is 1. The zero-order valence-corrected chi connectivity index (χ0v) is 19.1. The first-order valence-corrected chi connectivity index (χ1v) is 11.0. The van der Waals surface area contributed by atoms with Crippen LogP contribution in [0.1, 0.15) is 32.6 Å². The largest absolute Gasteiger partial charge is 0.387 e. The van der Waals surface area contributed by atoms with Gasteiger partial charge in [-0.15, -0.1) is 24.0 Å². The molecule has 0 bridgehead atoms. The SMILES string of the molecule is CCNC(=NCC1(O)CCSC1)NC1CCN(CC2CCOC2)CC1.I. The van der Waals surface area contributed by atoms with Crippen molar-refractivity contribution < 1.29 is 9.84 Å². The van der Waals surface area contributed by atoms with Crippen molar-refractivity contribution in [2.45, 2.75) is 44.2 Å². The van der Waals surface area contributed by atoms with Crippen LogP contribution in [0.25, 0.3) is 0 Å². The van der Waals surface area contributed by atoms with E-state index in [9.17, 15) is 5.11 Å². The summed E-state index contributed by atoms with van der Waals surface area (Å²) in [6.45, 7) is 8.79. The van der Waals surface area contributed by atoms with Gasteiger partial charge >= 0.3 is 0 Å². The summed E-state index contributed by atoms with van der Waals surface area (Å²) in [5, 5.41) is 17.4. The van der Waals surface area contributed by atoms with E-state index in [0.717, 1.165) is 75.5 Å². The standard InChI is InChI=1S/C18H34N4O2S.HI/c1-2-19-17(20-13-18(23)6-10-25-14-18)21-16-3-7-22(8-4-16)11-15-5-9-24-12-15;/h15-16,23H,2-14H2,1H3,(H2,19,20,21);1H. The second kappa shape index (κ2) is 11.3. The molecule has 0 aromatic heterocycles. The Kier molecular flexibility index (Phi) is 9.77. The maximum atomic E-state index is 10.5. The number of hydrogen-bond donors (Lipinski definition) is 3. The van der Waals surface area contributed by atoms with Crippen molar-refractivity contribution in [1.82, 2.24) is 15.5 Å². The van der Waals surface area contributed by atoms with Gasteiger partial charge in [-0.05, 0) is 44.3 Å². The predicted molar refractivity (Wildman–Crippen MR) is 120 cm³/mol. The summed E-state index contributed by atoms with van der Waals surface area (Å²) in [5.74, 6) is 3.43. The van der Waals surface area contributed by atoms with Crippen molar-refractivity contribution >= 4 is 41.7 Å². The van der Waals surface area contributed by atoms with Gasteiger partial charge in [0.25, 0.3) is 0 Å². The maximum Gasteiger partial charge on any atom is 0.191 e. The van der Waals surface area contributed by atoms with Gasteiger partial charge in [-0.3, -0.25) is 4.99 Å². The fraction of sp³-hybridized carbons (Fsp3) is 0.944.